The summed E-state index contributed by atoms with van der Waals surface area (Å²) in [5.41, 5.74) is 0.803. The van der Waals surface area contributed by atoms with Crippen molar-refractivity contribution in [3.8, 4) is 0 Å². The van der Waals surface area contributed by atoms with E-state index in [2.05, 4.69) is 42.0 Å². The molecule has 0 fully saturated rings. The molecule has 0 heterocycles. The number of hydrogen-bond acceptors (Lipinski definition) is 1. The van der Waals surface area contributed by atoms with Crippen LogP contribution in [-0.2, 0) is 6.42 Å². The van der Waals surface area contributed by atoms with Gasteiger partial charge in [0.05, 0.1) is 0 Å². The van der Waals surface area contributed by atoms with Gasteiger partial charge in [-0.25, -0.2) is 4.39 Å². The van der Waals surface area contributed by atoms with Crippen molar-refractivity contribution >= 4 is 15.9 Å². The van der Waals surface area contributed by atoms with Gasteiger partial charge >= 0.3 is 0 Å². The molecule has 1 aromatic carbocycles. The van der Waals surface area contributed by atoms with Crippen LogP contribution in [0.25, 0.3) is 0 Å². The molecule has 3 heteroatoms. The summed E-state index contributed by atoms with van der Waals surface area (Å²) in [6, 6.07) is 5.76. The fourth-order valence-electron chi connectivity index (χ4n) is 1.97. The van der Waals surface area contributed by atoms with Crippen molar-refractivity contribution in [2.24, 2.45) is 5.92 Å². The molecular formula is C14H21BrFN. The minimum atomic E-state index is -0.113. The smallest absolute Gasteiger partial charge is 0.127 e. The fourth-order valence-corrected chi connectivity index (χ4v) is 2.30. The Morgan fingerprint density at radius 3 is 2.59 bits per heavy atom. The van der Waals surface area contributed by atoms with Gasteiger partial charge in [0.15, 0.2) is 0 Å². The zero-order valence-electron chi connectivity index (χ0n) is 10.8. The summed E-state index contributed by atoms with van der Waals surface area (Å²) >= 11 is 3.27. The molecule has 17 heavy (non-hydrogen) atoms. The first-order valence-corrected chi connectivity index (χ1v) is 7.01. The molecule has 0 saturated heterocycles. The lowest BCUT2D eigenvalue weighted by atomic mass is 9.96. The molecule has 96 valence electrons. The lowest BCUT2D eigenvalue weighted by molar-refractivity contribution is 0.383. The van der Waals surface area contributed by atoms with Crippen molar-refractivity contribution in [1.29, 1.82) is 0 Å². The topological polar surface area (TPSA) is 12.0 Å². The molecule has 0 bridgehead atoms. The number of hydrogen-bond donors (Lipinski definition) is 1. The summed E-state index contributed by atoms with van der Waals surface area (Å²) in [7, 11) is 0. The first-order chi connectivity index (χ1) is 8.04. The maximum absolute atomic E-state index is 13.6. The standard InChI is InChI=1S/C14H21BrFN/c1-4-17-14(10(2)3)8-6-11-5-7-12(15)9-13(11)16/h5,7,9-10,14,17H,4,6,8H2,1-3H3. The van der Waals surface area contributed by atoms with Gasteiger partial charge < -0.3 is 5.32 Å². The van der Waals surface area contributed by atoms with E-state index < -0.39 is 0 Å². The second kappa shape index (κ2) is 7.12. The summed E-state index contributed by atoms with van der Waals surface area (Å²) in [5, 5.41) is 3.45. The van der Waals surface area contributed by atoms with Gasteiger partial charge in [-0.2, -0.15) is 0 Å². The van der Waals surface area contributed by atoms with Crippen LogP contribution in [0.1, 0.15) is 32.8 Å². The molecular weight excluding hydrogens is 281 g/mol. The Hall–Kier alpha value is -0.410. The van der Waals surface area contributed by atoms with Crippen LogP contribution in [0.4, 0.5) is 4.39 Å². The molecule has 0 spiro atoms. The first kappa shape index (κ1) is 14.7. The first-order valence-electron chi connectivity index (χ1n) is 6.22. The third-order valence-corrected chi connectivity index (χ3v) is 3.50. The van der Waals surface area contributed by atoms with E-state index in [0.717, 1.165) is 29.4 Å². The lowest BCUT2D eigenvalue weighted by Crippen LogP contribution is -2.34. The monoisotopic (exact) mass is 301 g/mol. The summed E-state index contributed by atoms with van der Waals surface area (Å²) in [6.07, 6.45) is 1.76. The maximum atomic E-state index is 13.6. The van der Waals surface area contributed by atoms with Crippen LogP contribution in [0, 0.1) is 11.7 Å². The van der Waals surface area contributed by atoms with Crippen LogP contribution in [0.5, 0.6) is 0 Å². The number of rotatable bonds is 6. The van der Waals surface area contributed by atoms with Gasteiger partial charge in [0.1, 0.15) is 5.82 Å². The van der Waals surface area contributed by atoms with Crippen molar-refractivity contribution in [2.75, 3.05) is 6.54 Å². The van der Waals surface area contributed by atoms with Gasteiger partial charge in [-0.05, 0) is 43.0 Å². The zero-order valence-corrected chi connectivity index (χ0v) is 12.3. The highest BCUT2D eigenvalue weighted by Crippen LogP contribution is 2.18. The third-order valence-electron chi connectivity index (χ3n) is 3.01. The predicted octanol–water partition coefficient (Wildman–Crippen LogP) is 4.15. The van der Waals surface area contributed by atoms with Crippen LogP contribution in [0.3, 0.4) is 0 Å². The van der Waals surface area contributed by atoms with Crippen molar-refractivity contribution in [2.45, 2.75) is 39.7 Å². The van der Waals surface area contributed by atoms with E-state index in [1.54, 1.807) is 0 Å². The quantitative estimate of drug-likeness (QED) is 0.832. The summed E-state index contributed by atoms with van der Waals surface area (Å²) in [4.78, 5) is 0. The molecule has 1 aromatic rings. The molecule has 1 unspecified atom stereocenters. The third kappa shape index (κ3) is 4.76. The zero-order chi connectivity index (χ0) is 12.8. The maximum Gasteiger partial charge on any atom is 0.127 e. The van der Waals surface area contributed by atoms with Crippen LogP contribution >= 0.6 is 15.9 Å². The van der Waals surface area contributed by atoms with E-state index in [9.17, 15) is 4.39 Å². The average molecular weight is 302 g/mol. The molecule has 1 N–H and O–H groups in total. The lowest BCUT2D eigenvalue weighted by Gasteiger charge is -2.21. The second-order valence-electron chi connectivity index (χ2n) is 4.68. The Labute approximate surface area is 112 Å². The molecule has 0 saturated carbocycles. The van der Waals surface area contributed by atoms with Crippen molar-refractivity contribution in [3.05, 3.63) is 34.1 Å². The highest BCUT2D eigenvalue weighted by atomic mass is 79.9. The SMILES string of the molecule is CCNC(CCc1ccc(Br)cc1F)C(C)C. The van der Waals surface area contributed by atoms with E-state index in [4.69, 9.17) is 0 Å². The second-order valence-corrected chi connectivity index (χ2v) is 5.60. The van der Waals surface area contributed by atoms with E-state index in [-0.39, 0.29) is 5.82 Å². The Morgan fingerprint density at radius 1 is 1.35 bits per heavy atom. The molecule has 1 nitrogen and oxygen atoms in total. The number of benzene rings is 1. The molecule has 0 aliphatic heterocycles. The molecule has 0 radical (unpaired) electrons. The Balaban J connectivity index is 2.59. The van der Waals surface area contributed by atoms with Crippen molar-refractivity contribution < 1.29 is 4.39 Å². The van der Waals surface area contributed by atoms with Gasteiger partial charge in [-0.1, -0.05) is 42.8 Å². The van der Waals surface area contributed by atoms with Crippen LogP contribution < -0.4 is 5.32 Å². The molecule has 0 aliphatic carbocycles. The molecule has 0 amide bonds. The normalized spacial score (nSPS) is 13.1. The molecule has 1 rings (SSSR count). The highest BCUT2D eigenvalue weighted by molar-refractivity contribution is 9.10. The van der Waals surface area contributed by atoms with Crippen LogP contribution in [0.2, 0.25) is 0 Å². The van der Waals surface area contributed by atoms with Crippen LogP contribution in [0.15, 0.2) is 22.7 Å². The molecule has 0 aromatic heterocycles. The van der Waals surface area contributed by atoms with Gasteiger partial charge in [0, 0.05) is 10.5 Å². The minimum absolute atomic E-state index is 0.113. The van der Waals surface area contributed by atoms with E-state index in [1.807, 2.05) is 12.1 Å². The molecule has 0 aliphatic rings. The fraction of sp³-hybridized carbons (Fsp3) is 0.571. The average Bonchev–Trinajstić information content (AvgIpc) is 2.25. The minimum Gasteiger partial charge on any atom is -0.314 e. The van der Waals surface area contributed by atoms with Crippen molar-refractivity contribution in [1.82, 2.24) is 5.32 Å². The van der Waals surface area contributed by atoms with Crippen LogP contribution in [-0.4, -0.2) is 12.6 Å². The van der Waals surface area contributed by atoms with E-state index in [1.165, 1.54) is 6.07 Å². The van der Waals surface area contributed by atoms with Gasteiger partial charge in [0.25, 0.3) is 0 Å². The predicted molar refractivity (Wildman–Crippen MR) is 74.7 cm³/mol. The van der Waals surface area contributed by atoms with Gasteiger partial charge in [-0.3, -0.25) is 0 Å². The largest absolute Gasteiger partial charge is 0.314 e. The number of aryl methyl sites for hydroxylation is 1. The Kier molecular flexibility index (Phi) is 6.14. The van der Waals surface area contributed by atoms with Crippen molar-refractivity contribution in [3.63, 3.8) is 0 Å². The summed E-state index contributed by atoms with van der Waals surface area (Å²) in [6.45, 7) is 7.47. The Bertz CT molecular complexity index is 352. The van der Waals surface area contributed by atoms with E-state index in [0.29, 0.717) is 12.0 Å². The van der Waals surface area contributed by atoms with Gasteiger partial charge in [0.2, 0.25) is 0 Å². The Morgan fingerprint density at radius 2 is 2.06 bits per heavy atom. The summed E-state index contributed by atoms with van der Waals surface area (Å²) in [5.74, 6) is 0.465. The highest BCUT2D eigenvalue weighted by Gasteiger charge is 2.13. The van der Waals surface area contributed by atoms with E-state index >= 15 is 0 Å². The van der Waals surface area contributed by atoms with Gasteiger partial charge in [-0.15, -0.1) is 0 Å². The number of halogens is 2. The molecule has 1 atom stereocenters. The summed E-state index contributed by atoms with van der Waals surface area (Å²) < 4.78 is 14.4. The number of nitrogens with one attached hydrogen (secondary N) is 1.